The molecule has 0 spiro atoms. The normalized spacial score (nSPS) is 10.3. The number of carbonyl (C=O) groups is 1. The van der Waals surface area contributed by atoms with E-state index in [1.807, 2.05) is 0 Å². The average molecular weight is 322 g/mol. The zero-order chi connectivity index (χ0) is 17.1. The Balaban J connectivity index is 2.41. The molecule has 1 aromatic rings. The molecule has 6 heteroatoms. The summed E-state index contributed by atoms with van der Waals surface area (Å²) in [6.07, 6.45) is 8.29. The van der Waals surface area contributed by atoms with Gasteiger partial charge in [0, 0.05) is 6.42 Å². The molecule has 0 heterocycles. The van der Waals surface area contributed by atoms with Gasteiger partial charge < -0.3 is 10.1 Å². The van der Waals surface area contributed by atoms with Gasteiger partial charge in [-0.25, -0.2) is 0 Å². The minimum absolute atomic E-state index is 0.155. The highest BCUT2D eigenvalue weighted by atomic mass is 16.6. The van der Waals surface area contributed by atoms with Crippen molar-refractivity contribution in [2.45, 2.75) is 58.3 Å². The summed E-state index contributed by atoms with van der Waals surface area (Å²) < 4.78 is 4.97. The predicted molar refractivity (Wildman–Crippen MR) is 90.9 cm³/mol. The number of rotatable bonds is 11. The second-order valence-corrected chi connectivity index (χ2v) is 5.56. The molecule has 0 atom stereocenters. The zero-order valence-corrected chi connectivity index (χ0v) is 14.0. The highest BCUT2D eigenvalue weighted by Gasteiger charge is 2.16. The third kappa shape index (κ3) is 7.13. The number of unbranched alkanes of at least 4 members (excludes halogenated alkanes) is 6. The van der Waals surface area contributed by atoms with Gasteiger partial charge in [-0.15, -0.1) is 0 Å². The lowest BCUT2D eigenvalue weighted by Crippen LogP contribution is -2.12. The van der Waals surface area contributed by atoms with E-state index in [0.29, 0.717) is 12.2 Å². The number of anilines is 1. The van der Waals surface area contributed by atoms with Crippen LogP contribution in [0.1, 0.15) is 58.3 Å². The van der Waals surface area contributed by atoms with E-state index in [2.05, 4.69) is 12.2 Å². The van der Waals surface area contributed by atoms with Crippen molar-refractivity contribution < 1.29 is 14.5 Å². The van der Waals surface area contributed by atoms with E-state index < -0.39 is 4.92 Å². The van der Waals surface area contributed by atoms with Gasteiger partial charge >= 0.3 is 0 Å². The maximum atomic E-state index is 11.9. The van der Waals surface area contributed by atoms with E-state index in [1.165, 1.54) is 44.9 Å². The van der Waals surface area contributed by atoms with Gasteiger partial charge in [0.05, 0.1) is 18.1 Å². The molecule has 0 saturated heterocycles. The van der Waals surface area contributed by atoms with E-state index in [4.69, 9.17) is 4.74 Å². The Labute approximate surface area is 137 Å². The largest absolute Gasteiger partial charge is 0.496 e. The van der Waals surface area contributed by atoms with Crippen molar-refractivity contribution in [2.75, 3.05) is 12.4 Å². The van der Waals surface area contributed by atoms with Crippen LogP contribution in [0.2, 0.25) is 0 Å². The molecular weight excluding hydrogens is 296 g/mol. The molecule has 128 valence electrons. The number of nitrogens with zero attached hydrogens (tertiary/aromatic N) is 1. The monoisotopic (exact) mass is 322 g/mol. The lowest BCUT2D eigenvalue weighted by Gasteiger charge is -2.07. The highest BCUT2D eigenvalue weighted by Crippen LogP contribution is 2.29. The molecule has 0 radical (unpaired) electrons. The summed E-state index contributed by atoms with van der Waals surface area (Å²) in [7, 11) is 1.44. The van der Waals surface area contributed by atoms with Crippen LogP contribution in [0.25, 0.3) is 0 Å². The molecular formula is C17H26N2O4. The van der Waals surface area contributed by atoms with Crippen molar-refractivity contribution >= 4 is 17.3 Å². The first-order valence-corrected chi connectivity index (χ1v) is 8.20. The topological polar surface area (TPSA) is 81.5 Å². The molecule has 0 aliphatic heterocycles. The van der Waals surface area contributed by atoms with Crippen molar-refractivity contribution in [3.05, 3.63) is 28.3 Å². The highest BCUT2D eigenvalue weighted by molar-refractivity contribution is 5.93. The molecule has 23 heavy (non-hydrogen) atoms. The minimum atomic E-state index is -0.522. The molecule has 0 bridgehead atoms. The number of nitro groups is 1. The van der Waals surface area contributed by atoms with Crippen LogP contribution in [0.3, 0.4) is 0 Å². The third-order valence-electron chi connectivity index (χ3n) is 3.68. The Kier molecular flexibility index (Phi) is 8.72. The van der Waals surface area contributed by atoms with Gasteiger partial charge in [0.1, 0.15) is 11.4 Å². The number of ether oxygens (including phenoxy) is 1. The van der Waals surface area contributed by atoms with Crippen LogP contribution in [0.5, 0.6) is 5.75 Å². The number of hydrogen-bond acceptors (Lipinski definition) is 4. The fourth-order valence-electron chi connectivity index (χ4n) is 2.35. The van der Waals surface area contributed by atoms with Crippen LogP contribution in [0.4, 0.5) is 11.4 Å². The van der Waals surface area contributed by atoms with Gasteiger partial charge in [0.15, 0.2) is 0 Å². The first-order valence-electron chi connectivity index (χ1n) is 8.20. The SMILES string of the molecule is CCCCCCCCCC(=O)Nc1ccc(OC)cc1[N+](=O)[O-]. The molecule has 1 amide bonds. The van der Waals surface area contributed by atoms with Crippen molar-refractivity contribution in [2.24, 2.45) is 0 Å². The fraction of sp³-hybridized carbons (Fsp3) is 0.588. The van der Waals surface area contributed by atoms with Crippen molar-refractivity contribution in [3.63, 3.8) is 0 Å². The molecule has 0 aliphatic rings. The lowest BCUT2D eigenvalue weighted by molar-refractivity contribution is -0.384. The fourth-order valence-corrected chi connectivity index (χ4v) is 2.35. The first kappa shape index (κ1) is 18.9. The second-order valence-electron chi connectivity index (χ2n) is 5.56. The Bertz CT molecular complexity index is 517. The summed E-state index contributed by atoms with van der Waals surface area (Å²) in [6, 6.07) is 4.40. The number of nitro benzene ring substituents is 1. The summed E-state index contributed by atoms with van der Waals surface area (Å²) in [5.41, 5.74) is 0.0565. The molecule has 0 aromatic heterocycles. The molecule has 6 nitrogen and oxygen atoms in total. The Morgan fingerprint density at radius 3 is 2.43 bits per heavy atom. The van der Waals surface area contributed by atoms with Crippen LogP contribution in [-0.2, 0) is 4.79 Å². The van der Waals surface area contributed by atoms with Crippen molar-refractivity contribution in [3.8, 4) is 5.75 Å². The van der Waals surface area contributed by atoms with Gasteiger partial charge in [-0.3, -0.25) is 14.9 Å². The Morgan fingerprint density at radius 1 is 1.17 bits per heavy atom. The number of amides is 1. The van der Waals surface area contributed by atoms with Gasteiger partial charge in [-0.1, -0.05) is 45.4 Å². The number of carbonyl (C=O) groups excluding carboxylic acids is 1. The molecule has 1 N–H and O–H groups in total. The van der Waals surface area contributed by atoms with E-state index in [9.17, 15) is 14.9 Å². The van der Waals surface area contributed by atoms with E-state index in [1.54, 1.807) is 6.07 Å². The molecule has 0 aliphatic carbocycles. The molecule has 0 fully saturated rings. The van der Waals surface area contributed by atoms with Gasteiger partial charge in [-0.05, 0) is 18.6 Å². The molecule has 0 saturated carbocycles. The first-order chi connectivity index (χ1) is 11.1. The summed E-state index contributed by atoms with van der Waals surface area (Å²) in [6.45, 7) is 2.18. The minimum Gasteiger partial charge on any atom is -0.496 e. The number of methoxy groups -OCH3 is 1. The van der Waals surface area contributed by atoms with Crippen LogP contribution >= 0.6 is 0 Å². The van der Waals surface area contributed by atoms with Crippen LogP contribution in [0, 0.1) is 10.1 Å². The van der Waals surface area contributed by atoms with Crippen molar-refractivity contribution in [1.29, 1.82) is 0 Å². The maximum absolute atomic E-state index is 11.9. The van der Waals surface area contributed by atoms with Crippen LogP contribution < -0.4 is 10.1 Å². The smallest absolute Gasteiger partial charge is 0.296 e. The molecule has 0 unspecified atom stereocenters. The van der Waals surface area contributed by atoms with E-state index in [0.717, 1.165) is 19.3 Å². The quantitative estimate of drug-likeness (QED) is 0.364. The average Bonchev–Trinajstić information content (AvgIpc) is 2.54. The summed E-state index contributed by atoms with van der Waals surface area (Å²) in [4.78, 5) is 22.4. The van der Waals surface area contributed by atoms with E-state index >= 15 is 0 Å². The Hall–Kier alpha value is -2.11. The lowest BCUT2D eigenvalue weighted by atomic mass is 10.1. The number of nitrogens with one attached hydrogen (secondary N) is 1. The summed E-state index contributed by atoms with van der Waals surface area (Å²) >= 11 is 0. The van der Waals surface area contributed by atoms with Gasteiger partial charge in [0.25, 0.3) is 5.69 Å². The maximum Gasteiger partial charge on any atom is 0.296 e. The summed E-state index contributed by atoms with van der Waals surface area (Å²) in [5, 5.41) is 13.7. The standard InChI is InChI=1S/C17H26N2O4/c1-3-4-5-6-7-8-9-10-17(20)18-15-12-11-14(23-2)13-16(15)19(21)22/h11-13H,3-10H2,1-2H3,(H,18,20). The van der Waals surface area contributed by atoms with E-state index in [-0.39, 0.29) is 17.3 Å². The second kappa shape index (κ2) is 10.6. The van der Waals surface area contributed by atoms with Gasteiger partial charge in [0.2, 0.25) is 5.91 Å². The number of hydrogen-bond donors (Lipinski definition) is 1. The molecule has 1 rings (SSSR count). The van der Waals surface area contributed by atoms with Crippen molar-refractivity contribution in [1.82, 2.24) is 0 Å². The van der Waals surface area contributed by atoms with Crippen LogP contribution in [-0.4, -0.2) is 17.9 Å². The zero-order valence-electron chi connectivity index (χ0n) is 14.0. The van der Waals surface area contributed by atoms with Gasteiger partial charge in [-0.2, -0.15) is 0 Å². The number of benzene rings is 1. The Morgan fingerprint density at radius 2 is 1.83 bits per heavy atom. The predicted octanol–water partition coefficient (Wildman–Crippen LogP) is 4.68. The molecule has 1 aromatic carbocycles. The summed E-state index contributed by atoms with van der Waals surface area (Å²) in [5.74, 6) is 0.202. The third-order valence-corrected chi connectivity index (χ3v) is 3.68. The van der Waals surface area contributed by atoms with Crippen LogP contribution in [0.15, 0.2) is 18.2 Å².